The van der Waals surface area contributed by atoms with E-state index in [1.807, 2.05) is 35.7 Å². The molecule has 1 aromatic heterocycles. The van der Waals surface area contributed by atoms with Gasteiger partial charge in [-0.05, 0) is 45.6 Å². The Kier molecular flexibility index (Phi) is 7.71. The minimum Gasteiger partial charge on any atom is -0.352 e. The predicted molar refractivity (Wildman–Crippen MR) is 111 cm³/mol. The summed E-state index contributed by atoms with van der Waals surface area (Å²) < 4.78 is 39.2. The lowest BCUT2D eigenvalue weighted by atomic mass is 10.1. The zero-order valence-electron chi connectivity index (χ0n) is 16.4. The Morgan fingerprint density at radius 3 is 2.50 bits per heavy atom. The molecule has 0 bridgehead atoms. The number of amides is 1. The van der Waals surface area contributed by atoms with Crippen molar-refractivity contribution in [2.45, 2.75) is 56.2 Å². The van der Waals surface area contributed by atoms with Crippen LogP contribution in [-0.4, -0.2) is 42.0 Å². The quantitative estimate of drug-likeness (QED) is 0.667. The maximum atomic E-state index is 14.2. The van der Waals surface area contributed by atoms with Crippen molar-refractivity contribution >= 4 is 27.1 Å². The normalized spacial score (nSPS) is 14.4. The van der Waals surface area contributed by atoms with Gasteiger partial charge in [-0.1, -0.05) is 30.3 Å². The van der Waals surface area contributed by atoms with Gasteiger partial charge in [0.1, 0.15) is 0 Å². The molecule has 0 aliphatic heterocycles. The van der Waals surface area contributed by atoms with E-state index in [9.17, 15) is 17.6 Å². The number of hydrogen-bond donors (Lipinski definition) is 1. The van der Waals surface area contributed by atoms with Crippen LogP contribution in [0.15, 0.2) is 41.2 Å². The second kappa shape index (κ2) is 9.60. The van der Waals surface area contributed by atoms with E-state index in [2.05, 4.69) is 10.3 Å². The third-order valence-corrected chi connectivity index (χ3v) is 8.08. The van der Waals surface area contributed by atoms with E-state index in [0.29, 0.717) is 6.42 Å². The summed E-state index contributed by atoms with van der Waals surface area (Å²) in [6.45, 7) is 4.78. The van der Waals surface area contributed by atoms with E-state index in [4.69, 9.17) is 0 Å². The van der Waals surface area contributed by atoms with Gasteiger partial charge in [0.05, 0.1) is 21.2 Å². The Bertz CT molecular complexity index is 847. The van der Waals surface area contributed by atoms with Gasteiger partial charge in [0.25, 0.3) is 5.91 Å². The summed E-state index contributed by atoms with van der Waals surface area (Å²) in [5.41, 5.74) is 3.27. The first-order chi connectivity index (χ1) is 13.1. The van der Waals surface area contributed by atoms with Crippen LogP contribution in [0, 0.1) is 0 Å². The van der Waals surface area contributed by atoms with Crippen LogP contribution in [0.2, 0.25) is 0 Å². The molecule has 2 aromatic rings. The minimum absolute atomic E-state index is 0.0188. The number of aryl methyl sites for hydroxylation is 1. The average Bonchev–Trinajstić information content (AvgIpc) is 3.16. The Hall–Kier alpha value is -1.80. The first kappa shape index (κ1) is 22.5. The monoisotopic (exact) mass is 426 g/mol. The van der Waals surface area contributed by atoms with Crippen molar-refractivity contribution in [3.63, 3.8) is 0 Å². The maximum Gasteiger partial charge on any atom is 0.254 e. The van der Waals surface area contributed by atoms with Crippen molar-refractivity contribution in [1.82, 2.24) is 10.3 Å². The number of carbonyl (C=O) groups excluding carboxylic acids is 1. The lowest BCUT2D eigenvalue weighted by Gasteiger charge is -2.27. The smallest absolute Gasteiger partial charge is 0.254 e. The van der Waals surface area contributed by atoms with Gasteiger partial charge >= 0.3 is 0 Å². The predicted octanol–water partition coefficient (Wildman–Crippen LogP) is 3.35. The Balaban J connectivity index is 2.02. The second-order valence-electron chi connectivity index (χ2n) is 7.70. The Morgan fingerprint density at radius 2 is 1.93 bits per heavy atom. The highest BCUT2D eigenvalue weighted by molar-refractivity contribution is 7.93. The minimum atomic E-state index is -3.55. The fourth-order valence-electron chi connectivity index (χ4n) is 2.76. The van der Waals surface area contributed by atoms with Crippen molar-refractivity contribution in [3.8, 4) is 0 Å². The summed E-state index contributed by atoms with van der Waals surface area (Å²) in [5.74, 6) is -0.780. The van der Waals surface area contributed by atoms with Crippen LogP contribution in [0.25, 0.3) is 0 Å². The molecule has 0 radical (unpaired) electrons. The molecule has 5 nitrogen and oxygen atoms in total. The molecule has 1 N–H and O–H groups in total. The molecule has 2 rings (SSSR count). The number of benzene rings is 1. The summed E-state index contributed by atoms with van der Waals surface area (Å²) in [6, 6.07) is 9.22. The van der Waals surface area contributed by atoms with Gasteiger partial charge in [0.2, 0.25) is 0 Å². The number of hydrogen-bond acceptors (Lipinski definition) is 5. The lowest BCUT2D eigenvalue weighted by Crippen LogP contribution is -2.46. The molecule has 0 unspecified atom stereocenters. The zero-order valence-corrected chi connectivity index (χ0v) is 18.0. The van der Waals surface area contributed by atoms with E-state index in [0.717, 1.165) is 11.3 Å². The first-order valence-electron chi connectivity index (χ1n) is 9.17. The van der Waals surface area contributed by atoms with Crippen LogP contribution >= 0.6 is 11.3 Å². The maximum absolute atomic E-state index is 14.2. The highest BCUT2D eigenvalue weighted by atomic mass is 32.2. The molecule has 0 spiro atoms. The molecule has 28 heavy (non-hydrogen) atoms. The van der Waals surface area contributed by atoms with Crippen LogP contribution < -0.4 is 5.32 Å². The summed E-state index contributed by atoms with van der Waals surface area (Å²) in [6.07, 6.45) is -1.05. The van der Waals surface area contributed by atoms with Gasteiger partial charge in [0, 0.05) is 11.9 Å². The Labute approximate surface area is 170 Å². The van der Waals surface area contributed by atoms with Crippen LogP contribution in [-0.2, 0) is 27.5 Å². The number of sulfone groups is 1. The fraction of sp³-hybridized carbons (Fsp3) is 0.500. The molecular formula is C20H27FN2O3S2. The van der Waals surface area contributed by atoms with Gasteiger partial charge in [-0.2, -0.15) is 0 Å². The summed E-state index contributed by atoms with van der Waals surface area (Å²) in [7, 11) is -3.55. The van der Waals surface area contributed by atoms with Gasteiger partial charge in [0.15, 0.2) is 16.0 Å². The lowest BCUT2D eigenvalue weighted by molar-refractivity contribution is -0.126. The van der Waals surface area contributed by atoms with Gasteiger partial charge in [-0.15, -0.1) is 11.3 Å². The van der Waals surface area contributed by atoms with E-state index in [1.54, 1.807) is 26.3 Å². The molecule has 154 valence electrons. The molecule has 1 aromatic carbocycles. The summed E-state index contributed by atoms with van der Waals surface area (Å²) >= 11 is 1.42. The summed E-state index contributed by atoms with van der Waals surface area (Å²) in [4.78, 5) is 16.2. The number of nitrogens with zero attached hydrogens (tertiary/aromatic N) is 1. The second-order valence-corrected chi connectivity index (χ2v) is 11.4. The van der Waals surface area contributed by atoms with Gasteiger partial charge in [-0.3, -0.25) is 4.79 Å². The van der Waals surface area contributed by atoms with Crippen LogP contribution in [0.3, 0.4) is 0 Å². The molecule has 0 aliphatic carbocycles. The molecule has 1 heterocycles. The SMILES string of the molecule is CC(C)(C)S(=O)(=O)[C@H](CNC(=O)[C@H](F)CCc1cscn1)Cc1ccccc1. The van der Waals surface area contributed by atoms with Crippen LogP contribution in [0.5, 0.6) is 0 Å². The number of carbonyl (C=O) groups is 1. The topological polar surface area (TPSA) is 76.1 Å². The number of alkyl halides is 1. The molecule has 1 amide bonds. The van der Waals surface area contributed by atoms with Crippen LogP contribution in [0.1, 0.15) is 38.4 Å². The van der Waals surface area contributed by atoms with Gasteiger partial charge in [-0.25, -0.2) is 17.8 Å². The molecule has 0 saturated carbocycles. The fourth-order valence-corrected chi connectivity index (χ4v) is 5.07. The third-order valence-electron chi connectivity index (χ3n) is 4.52. The molecule has 0 fully saturated rings. The van der Waals surface area contributed by atoms with Crippen molar-refractivity contribution in [2.75, 3.05) is 6.54 Å². The van der Waals surface area contributed by atoms with Crippen molar-refractivity contribution in [3.05, 3.63) is 52.5 Å². The standard InChI is InChI=1S/C20H27FN2O3S2/c1-20(2,3)28(25,26)17(11-15-7-5-4-6-8-15)12-22-19(24)18(21)10-9-16-13-27-14-23-16/h4-8,13-14,17-18H,9-12H2,1-3H3,(H,22,24)/t17-,18+/m0/s1. The molecular weight excluding hydrogens is 399 g/mol. The number of nitrogens with one attached hydrogen (secondary N) is 1. The number of rotatable bonds is 9. The zero-order chi connectivity index (χ0) is 20.8. The molecule has 0 saturated heterocycles. The molecule has 0 aliphatic rings. The van der Waals surface area contributed by atoms with E-state index >= 15 is 0 Å². The Morgan fingerprint density at radius 1 is 1.25 bits per heavy atom. The van der Waals surface area contributed by atoms with Crippen molar-refractivity contribution in [2.24, 2.45) is 0 Å². The first-order valence-corrected chi connectivity index (χ1v) is 11.7. The van der Waals surface area contributed by atoms with E-state index in [1.165, 1.54) is 11.3 Å². The highest BCUT2D eigenvalue weighted by Crippen LogP contribution is 2.23. The van der Waals surface area contributed by atoms with Gasteiger partial charge < -0.3 is 5.32 Å². The molecule has 2 atom stereocenters. The van der Waals surface area contributed by atoms with E-state index in [-0.39, 0.29) is 19.4 Å². The van der Waals surface area contributed by atoms with Crippen molar-refractivity contribution < 1.29 is 17.6 Å². The third kappa shape index (κ3) is 6.10. The number of thiazole rings is 1. The average molecular weight is 427 g/mol. The highest BCUT2D eigenvalue weighted by Gasteiger charge is 2.37. The molecule has 8 heteroatoms. The number of aromatic nitrogens is 1. The van der Waals surface area contributed by atoms with Crippen LogP contribution in [0.4, 0.5) is 4.39 Å². The largest absolute Gasteiger partial charge is 0.352 e. The van der Waals surface area contributed by atoms with E-state index < -0.39 is 31.9 Å². The number of halogens is 1. The summed E-state index contributed by atoms with van der Waals surface area (Å²) in [5, 5.41) is 3.49. The van der Waals surface area contributed by atoms with Crippen molar-refractivity contribution in [1.29, 1.82) is 0 Å².